The molecule has 0 amide bonds. The molecule has 0 fully saturated rings. The molecule has 0 spiro atoms. The number of nitrogens with zero attached hydrogens (tertiary/aromatic N) is 3. The number of anilines is 2. The highest BCUT2D eigenvalue weighted by molar-refractivity contribution is 5.46. The zero-order valence-electron chi connectivity index (χ0n) is 9.53. The van der Waals surface area contributed by atoms with Crippen molar-refractivity contribution in [2.24, 2.45) is 0 Å². The molecule has 2 N–H and O–H groups in total. The summed E-state index contributed by atoms with van der Waals surface area (Å²) in [5.41, 5.74) is 5.69. The number of nitrogen functional groups attached to an aromatic ring is 1. The molecule has 0 saturated carbocycles. The van der Waals surface area contributed by atoms with Crippen molar-refractivity contribution in [2.75, 3.05) is 30.8 Å². The minimum Gasteiger partial charge on any atom is -0.384 e. The van der Waals surface area contributed by atoms with Gasteiger partial charge in [0, 0.05) is 26.3 Å². The van der Waals surface area contributed by atoms with Crippen molar-refractivity contribution >= 4 is 11.6 Å². The molecule has 1 heterocycles. The fourth-order valence-electron chi connectivity index (χ4n) is 1.12. The molecule has 0 aliphatic carbocycles. The van der Waals surface area contributed by atoms with Crippen LogP contribution < -0.4 is 10.6 Å². The van der Waals surface area contributed by atoms with Gasteiger partial charge in [-0.15, -0.1) is 0 Å². The van der Waals surface area contributed by atoms with Crippen LogP contribution in [0.5, 0.6) is 0 Å². The minimum absolute atomic E-state index is 0.409. The Kier molecular flexibility index (Phi) is 4.30. The molecule has 0 saturated heterocycles. The average Bonchev–Trinajstić information content (AvgIpc) is 2.24. The Hall–Kier alpha value is -1.36. The van der Waals surface area contributed by atoms with Crippen LogP contribution >= 0.6 is 0 Å². The van der Waals surface area contributed by atoms with Crippen LogP contribution in [0.25, 0.3) is 0 Å². The van der Waals surface area contributed by atoms with Gasteiger partial charge in [-0.05, 0) is 13.8 Å². The molecule has 0 unspecified atom stereocenters. The van der Waals surface area contributed by atoms with Crippen LogP contribution in [0.15, 0.2) is 6.07 Å². The molecule has 5 nitrogen and oxygen atoms in total. The second kappa shape index (κ2) is 5.50. The monoisotopic (exact) mass is 210 g/mol. The standard InChI is InChI=1S/C10H18N4O/c1-4-14(3)10-6-8(11)12-9(13-10)7-15-5-2/h6H,4-5,7H2,1-3H3,(H2,11,12,13). The zero-order chi connectivity index (χ0) is 11.3. The Labute approximate surface area is 90.3 Å². The van der Waals surface area contributed by atoms with Gasteiger partial charge < -0.3 is 15.4 Å². The van der Waals surface area contributed by atoms with E-state index in [-0.39, 0.29) is 0 Å². The summed E-state index contributed by atoms with van der Waals surface area (Å²) in [4.78, 5) is 10.5. The SMILES string of the molecule is CCOCc1nc(N)cc(N(C)CC)n1. The molecule has 0 atom stereocenters. The third-order valence-electron chi connectivity index (χ3n) is 2.08. The van der Waals surface area contributed by atoms with Crippen LogP contribution in [0.2, 0.25) is 0 Å². The Morgan fingerprint density at radius 2 is 2.13 bits per heavy atom. The van der Waals surface area contributed by atoms with E-state index in [9.17, 15) is 0 Å². The van der Waals surface area contributed by atoms with E-state index in [0.717, 1.165) is 12.4 Å². The molecule has 0 radical (unpaired) electrons. The van der Waals surface area contributed by atoms with Crippen molar-refractivity contribution in [3.8, 4) is 0 Å². The molecular formula is C10H18N4O. The number of hydrogen-bond donors (Lipinski definition) is 1. The molecule has 0 bridgehead atoms. The predicted molar refractivity (Wildman–Crippen MR) is 60.7 cm³/mol. The number of aromatic nitrogens is 2. The van der Waals surface area contributed by atoms with Crippen LogP contribution in [0.4, 0.5) is 11.6 Å². The van der Waals surface area contributed by atoms with Gasteiger partial charge in [-0.2, -0.15) is 0 Å². The molecule has 1 aromatic heterocycles. The Balaban J connectivity index is 2.84. The second-order valence-electron chi connectivity index (χ2n) is 3.22. The van der Waals surface area contributed by atoms with E-state index < -0.39 is 0 Å². The van der Waals surface area contributed by atoms with Crippen molar-refractivity contribution < 1.29 is 4.74 Å². The first-order chi connectivity index (χ1) is 7.17. The Morgan fingerprint density at radius 3 is 2.73 bits per heavy atom. The summed E-state index contributed by atoms with van der Waals surface area (Å²) in [6.07, 6.45) is 0. The first-order valence-corrected chi connectivity index (χ1v) is 5.09. The summed E-state index contributed by atoms with van der Waals surface area (Å²) in [5, 5.41) is 0. The quantitative estimate of drug-likeness (QED) is 0.787. The van der Waals surface area contributed by atoms with Gasteiger partial charge in [-0.25, -0.2) is 9.97 Å². The Bertz CT molecular complexity index is 316. The van der Waals surface area contributed by atoms with Gasteiger partial charge in [0.1, 0.15) is 18.2 Å². The predicted octanol–water partition coefficient (Wildman–Crippen LogP) is 1.05. The Morgan fingerprint density at radius 1 is 1.40 bits per heavy atom. The molecular weight excluding hydrogens is 192 g/mol. The van der Waals surface area contributed by atoms with E-state index in [0.29, 0.717) is 24.9 Å². The highest BCUT2D eigenvalue weighted by Gasteiger charge is 2.05. The van der Waals surface area contributed by atoms with Crippen molar-refractivity contribution in [1.82, 2.24) is 9.97 Å². The van der Waals surface area contributed by atoms with Gasteiger partial charge in [0.25, 0.3) is 0 Å². The van der Waals surface area contributed by atoms with E-state index in [1.165, 1.54) is 0 Å². The summed E-state index contributed by atoms with van der Waals surface area (Å²) in [5.74, 6) is 1.95. The summed E-state index contributed by atoms with van der Waals surface area (Å²) in [6, 6.07) is 1.76. The van der Waals surface area contributed by atoms with Crippen molar-refractivity contribution in [2.45, 2.75) is 20.5 Å². The van der Waals surface area contributed by atoms with Crippen LogP contribution in [0, 0.1) is 0 Å². The average molecular weight is 210 g/mol. The topological polar surface area (TPSA) is 64.3 Å². The van der Waals surface area contributed by atoms with Gasteiger partial charge in [0.05, 0.1) is 0 Å². The fourth-order valence-corrected chi connectivity index (χ4v) is 1.12. The summed E-state index contributed by atoms with van der Waals surface area (Å²) in [7, 11) is 1.96. The second-order valence-corrected chi connectivity index (χ2v) is 3.22. The molecule has 15 heavy (non-hydrogen) atoms. The maximum absolute atomic E-state index is 5.69. The van der Waals surface area contributed by atoms with Gasteiger partial charge in [-0.1, -0.05) is 0 Å². The first kappa shape index (κ1) is 11.7. The van der Waals surface area contributed by atoms with E-state index >= 15 is 0 Å². The van der Waals surface area contributed by atoms with Crippen LogP contribution in [0.3, 0.4) is 0 Å². The van der Waals surface area contributed by atoms with E-state index in [1.54, 1.807) is 6.07 Å². The number of ether oxygens (including phenoxy) is 1. The number of nitrogens with two attached hydrogens (primary N) is 1. The molecule has 1 rings (SSSR count). The largest absolute Gasteiger partial charge is 0.384 e. The lowest BCUT2D eigenvalue weighted by molar-refractivity contribution is 0.128. The maximum Gasteiger partial charge on any atom is 0.158 e. The maximum atomic E-state index is 5.69. The van der Waals surface area contributed by atoms with Gasteiger partial charge in [0.15, 0.2) is 5.82 Å². The number of hydrogen-bond acceptors (Lipinski definition) is 5. The highest BCUT2D eigenvalue weighted by atomic mass is 16.5. The van der Waals surface area contributed by atoms with Crippen LogP contribution in [-0.2, 0) is 11.3 Å². The van der Waals surface area contributed by atoms with Gasteiger partial charge >= 0.3 is 0 Å². The van der Waals surface area contributed by atoms with E-state index in [2.05, 4.69) is 16.9 Å². The fraction of sp³-hybridized carbons (Fsp3) is 0.600. The van der Waals surface area contributed by atoms with Crippen LogP contribution in [0.1, 0.15) is 19.7 Å². The van der Waals surface area contributed by atoms with Crippen molar-refractivity contribution in [3.63, 3.8) is 0 Å². The highest BCUT2D eigenvalue weighted by Crippen LogP contribution is 2.12. The lowest BCUT2D eigenvalue weighted by Crippen LogP contribution is -2.19. The third kappa shape index (κ3) is 3.36. The summed E-state index contributed by atoms with van der Waals surface area (Å²) < 4.78 is 5.24. The summed E-state index contributed by atoms with van der Waals surface area (Å²) >= 11 is 0. The van der Waals surface area contributed by atoms with Gasteiger partial charge in [0.2, 0.25) is 0 Å². The number of rotatable bonds is 5. The van der Waals surface area contributed by atoms with E-state index in [1.807, 2.05) is 18.9 Å². The normalized spacial score (nSPS) is 10.3. The molecule has 84 valence electrons. The third-order valence-corrected chi connectivity index (χ3v) is 2.08. The molecule has 0 aliphatic rings. The molecule has 1 aromatic rings. The minimum atomic E-state index is 0.409. The van der Waals surface area contributed by atoms with E-state index in [4.69, 9.17) is 10.5 Å². The van der Waals surface area contributed by atoms with Crippen molar-refractivity contribution in [3.05, 3.63) is 11.9 Å². The molecule has 5 heteroatoms. The lowest BCUT2D eigenvalue weighted by atomic mass is 10.4. The summed E-state index contributed by atoms with van der Waals surface area (Å²) in [6.45, 7) is 5.93. The molecule has 0 aliphatic heterocycles. The lowest BCUT2D eigenvalue weighted by Gasteiger charge is -2.16. The molecule has 0 aromatic carbocycles. The zero-order valence-corrected chi connectivity index (χ0v) is 9.53. The smallest absolute Gasteiger partial charge is 0.158 e. The van der Waals surface area contributed by atoms with Crippen molar-refractivity contribution in [1.29, 1.82) is 0 Å². The first-order valence-electron chi connectivity index (χ1n) is 5.09. The van der Waals surface area contributed by atoms with Crippen LogP contribution in [-0.4, -0.2) is 30.2 Å². The van der Waals surface area contributed by atoms with Gasteiger partial charge in [-0.3, -0.25) is 0 Å².